The van der Waals surface area contributed by atoms with Gasteiger partial charge in [-0.2, -0.15) is 0 Å². The number of benzene rings is 1. The van der Waals surface area contributed by atoms with Gasteiger partial charge in [0.25, 0.3) is 0 Å². The van der Waals surface area contributed by atoms with Gasteiger partial charge < -0.3 is 19.3 Å². The number of aliphatic hydroxyl groups excluding tert-OH is 1. The van der Waals surface area contributed by atoms with E-state index in [1.165, 1.54) is 0 Å². The van der Waals surface area contributed by atoms with E-state index in [1.807, 2.05) is 0 Å². The molecule has 1 aromatic carbocycles. The Morgan fingerprint density at radius 1 is 1.37 bits per heavy atom. The van der Waals surface area contributed by atoms with Crippen LogP contribution in [0.25, 0.3) is 0 Å². The lowest BCUT2D eigenvalue weighted by molar-refractivity contribution is -0.158. The molecule has 0 radical (unpaired) electrons. The number of ether oxygens (including phenoxy) is 3. The van der Waals surface area contributed by atoms with Gasteiger partial charge in [0.05, 0.1) is 20.3 Å². The summed E-state index contributed by atoms with van der Waals surface area (Å²) in [4.78, 5) is 11.8. The van der Waals surface area contributed by atoms with Crippen LogP contribution in [0.15, 0.2) is 18.2 Å². The van der Waals surface area contributed by atoms with Gasteiger partial charge in [0.2, 0.25) is 0 Å². The summed E-state index contributed by atoms with van der Waals surface area (Å²) in [5, 5.41) is 9.33. The molecule has 0 saturated carbocycles. The molecule has 106 valence electrons. The van der Waals surface area contributed by atoms with Crippen molar-refractivity contribution in [1.82, 2.24) is 0 Å². The topological polar surface area (TPSA) is 65.0 Å². The number of hydrogen-bond acceptors (Lipinski definition) is 5. The first-order chi connectivity index (χ1) is 8.94. The molecule has 1 aromatic rings. The molecule has 0 heterocycles. The van der Waals surface area contributed by atoms with Crippen LogP contribution >= 0.6 is 0 Å². The van der Waals surface area contributed by atoms with E-state index in [2.05, 4.69) is 0 Å². The van der Waals surface area contributed by atoms with Crippen LogP contribution < -0.4 is 9.47 Å². The van der Waals surface area contributed by atoms with Crippen molar-refractivity contribution in [2.75, 3.05) is 13.7 Å². The second kappa shape index (κ2) is 6.43. The lowest BCUT2D eigenvalue weighted by atomic mass is 10.1. The number of aliphatic hydroxyl groups is 1. The van der Waals surface area contributed by atoms with Gasteiger partial charge in [-0.25, -0.2) is 4.79 Å². The molecular weight excluding hydrogens is 248 g/mol. The van der Waals surface area contributed by atoms with Crippen molar-refractivity contribution in [2.45, 2.75) is 33.0 Å². The molecule has 5 heteroatoms. The SMILES string of the molecule is CCOC(=O)C(C)(C)Oc1ccc(OC)cc1CO. The van der Waals surface area contributed by atoms with Gasteiger partial charge >= 0.3 is 5.97 Å². The molecule has 0 bridgehead atoms. The van der Waals surface area contributed by atoms with Gasteiger partial charge in [0.1, 0.15) is 11.5 Å². The zero-order chi connectivity index (χ0) is 14.5. The smallest absolute Gasteiger partial charge is 0.349 e. The Kier molecular flexibility index (Phi) is 5.18. The average Bonchev–Trinajstić information content (AvgIpc) is 2.39. The van der Waals surface area contributed by atoms with Crippen molar-refractivity contribution < 1.29 is 24.1 Å². The minimum atomic E-state index is -1.12. The molecule has 0 spiro atoms. The first-order valence-corrected chi connectivity index (χ1v) is 6.08. The minimum absolute atomic E-state index is 0.203. The van der Waals surface area contributed by atoms with Crippen molar-refractivity contribution in [3.8, 4) is 11.5 Å². The Labute approximate surface area is 113 Å². The number of methoxy groups -OCH3 is 1. The molecule has 0 aliphatic heterocycles. The highest BCUT2D eigenvalue weighted by Crippen LogP contribution is 2.28. The zero-order valence-corrected chi connectivity index (χ0v) is 11.7. The number of carbonyl (C=O) groups is 1. The van der Waals surface area contributed by atoms with Gasteiger partial charge in [-0.05, 0) is 39.0 Å². The lowest BCUT2D eigenvalue weighted by Gasteiger charge is -2.25. The first-order valence-electron chi connectivity index (χ1n) is 6.08. The molecule has 1 rings (SSSR count). The van der Waals surface area contributed by atoms with E-state index in [1.54, 1.807) is 46.1 Å². The van der Waals surface area contributed by atoms with Crippen LogP contribution in [0.1, 0.15) is 26.3 Å². The summed E-state index contributed by atoms with van der Waals surface area (Å²) in [6.45, 7) is 5.07. The van der Waals surface area contributed by atoms with Crippen LogP contribution in [0.4, 0.5) is 0 Å². The summed E-state index contributed by atoms with van der Waals surface area (Å²) in [5.41, 5.74) is -0.564. The van der Waals surface area contributed by atoms with Gasteiger partial charge in [-0.1, -0.05) is 0 Å². The van der Waals surface area contributed by atoms with Crippen molar-refractivity contribution in [3.63, 3.8) is 0 Å². The van der Waals surface area contributed by atoms with Crippen LogP contribution in [0.3, 0.4) is 0 Å². The average molecular weight is 268 g/mol. The monoisotopic (exact) mass is 268 g/mol. The fourth-order valence-corrected chi connectivity index (χ4v) is 1.53. The molecule has 19 heavy (non-hydrogen) atoms. The Morgan fingerprint density at radius 3 is 2.58 bits per heavy atom. The van der Waals surface area contributed by atoms with Crippen LogP contribution in [0.5, 0.6) is 11.5 Å². The van der Waals surface area contributed by atoms with Gasteiger partial charge in [-0.3, -0.25) is 0 Å². The molecule has 0 unspecified atom stereocenters. The molecule has 0 fully saturated rings. The number of hydrogen-bond donors (Lipinski definition) is 1. The zero-order valence-electron chi connectivity index (χ0n) is 11.7. The highest BCUT2D eigenvalue weighted by atomic mass is 16.6. The third-order valence-corrected chi connectivity index (χ3v) is 2.57. The Balaban J connectivity index is 2.95. The maximum atomic E-state index is 11.8. The van der Waals surface area contributed by atoms with E-state index in [0.29, 0.717) is 23.7 Å². The van der Waals surface area contributed by atoms with E-state index >= 15 is 0 Å². The van der Waals surface area contributed by atoms with E-state index in [0.717, 1.165) is 0 Å². The van der Waals surface area contributed by atoms with E-state index in [9.17, 15) is 9.90 Å². The van der Waals surface area contributed by atoms with E-state index in [-0.39, 0.29) is 6.61 Å². The molecular formula is C14H20O5. The molecule has 1 N–H and O–H groups in total. The summed E-state index contributed by atoms with van der Waals surface area (Å²) < 4.78 is 15.7. The maximum absolute atomic E-state index is 11.8. The van der Waals surface area contributed by atoms with E-state index < -0.39 is 11.6 Å². The molecule has 0 aromatic heterocycles. The lowest BCUT2D eigenvalue weighted by Crippen LogP contribution is -2.40. The van der Waals surface area contributed by atoms with Gasteiger partial charge in [0, 0.05) is 5.56 Å². The molecule has 0 aliphatic rings. The second-order valence-corrected chi connectivity index (χ2v) is 4.46. The molecule has 5 nitrogen and oxygen atoms in total. The van der Waals surface area contributed by atoms with Crippen LogP contribution in [0, 0.1) is 0 Å². The third-order valence-electron chi connectivity index (χ3n) is 2.57. The molecule has 0 aliphatic carbocycles. The third kappa shape index (κ3) is 3.86. The highest BCUT2D eigenvalue weighted by Gasteiger charge is 2.32. The van der Waals surface area contributed by atoms with Crippen molar-refractivity contribution >= 4 is 5.97 Å². The number of carbonyl (C=O) groups excluding carboxylic acids is 1. The highest BCUT2D eigenvalue weighted by molar-refractivity contribution is 5.79. The summed E-state index contributed by atoms with van der Waals surface area (Å²) in [5.74, 6) is 0.599. The molecule has 0 amide bonds. The molecule has 0 atom stereocenters. The van der Waals surface area contributed by atoms with Gasteiger partial charge in [0.15, 0.2) is 5.60 Å². The van der Waals surface area contributed by atoms with Crippen molar-refractivity contribution in [1.29, 1.82) is 0 Å². The predicted molar refractivity (Wildman–Crippen MR) is 70.3 cm³/mol. The van der Waals surface area contributed by atoms with Crippen molar-refractivity contribution in [3.05, 3.63) is 23.8 Å². The van der Waals surface area contributed by atoms with Crippen LogP contribution in [0.2, 0.25) is 0 Å². The fraction of sp³-hybridized carbons (Fsp3) is 0.500. The Morgan fingerprint density at radius 2 is 2.05 bits per heavy atom. The van der Waals surface area contributed by atoms with Gasteiger partial charge in [-0.15, -0.1) is 0 Å². The summed E-state index contributed by atoms with van der Waals surface area (Å²) in [7, 11) is 1.54. The predicted octanol–water partition coefficient (Wildman–Crippen LogP) is 1.91. The molecule has 0 saturated heterocycles. The maximum Gasteiger partial charge on any atom is 0.349 e. The summed E-state index contributed by atoms with van der Waals surface area (Å²) in [6.07, 6.45) is 0. The first kappa shape index (κ1) is 15.3. The Bertz CT molecular complexity index is 439. The number of esters is 1. The Hall–Kier alpha value is -1.75. The van der Waals surface area contributed by atoms with Crippen LogP contribution in [-0.4, -0.2) is 30.4 Å². The van der Waals surface area contributed by atoms with Crippen LogP contribution in [-0.2, 0) is 16.1 Å². The van der Waals surface area contributed by atoms with Crippen molar-refractivity contribution in [2.24, 2.45) is 0 Å². The standard InChI is InChI=1S/C14H20O5/c1-5-18-13(16)14(2,3)19-12-7-6-11(17-4)8-10(12)9-15/h6-8,15H,5,9H2,1-4H3. The fourth-order valence-electron chi connectivity index (χ4n) is 1.53. The quantitative estimate of drug-likeness (QED) is 0.798. The summed E-state index contributed by atoms with van der Waals surface area (Å²) in [6, 6.07) is 5.03. The minimum Gasteiger partial charge on any atom is -0.497 e. The summed E-state index contributed by atoms with van der Waals surface area (Å²) >= 11 is 0. The second-order valence-electron chi connectivity index (χ2n) is 4.46. The number of rotatable bonds is 6. The largest absolute Gasteiger partial charge is 0.497 e. The normalized spacial score (nSPS) is 11.0. The van der Waals surface area contributed by atoms with E-state index in [4.69, 9.17) is 14.2 Å².